The van der Waals surface area contributed by atoms with Gasteiger partial charge in [0, 0.05) is 31.9 Å². The van der Waals surface area contributed by atoms with Crippen molar-refractivity contribution in [3.8, 4) is 0 Å². The predicted octanol–water partition coefficient (Wildman–Crippen LogP) is 3.67. The molecule has 0 radical (unpaired) electrons. The van der Waals surface area contributed by atoms with Crippen LogP contribution >= 0.6 is 0 Å². The highest BCUT2D eigenvalue weighted by Gasteiger charge is 2.17. The second kappa shape index (κ2) is 8.42. The number of nitrogens with one attached hydrogen (secondary N) is 1. The predicted molar refractivity (Wildman–Crippen MR) is 89.9 cm³/mol. The zero-order valence-electron chi connectivity index (χ0n) is 14.1. The van der Waals surface area contributed by atoms with Gasteiger partial charge in [0.25, 0.3) is 0 Å². The van der Waals surface area contributed by atoms with Crippen LogP contribution in [0.2, 0.25) is 0 Å². The minimum absolute atomic E-state index is 0.769. The number of anilines is 1. The molecule has 2 heterocycles. The Morgan fingerprint density at radius 1 is 1.29 bits per heavy atom. The highest BCUT2D eigenvalue weighted by Crippen LogP contribution is 2.17. The fraction of sp³-hybridized carbons (Fsp3) is 0.824. The van der Waals surface area contributed by atoms with Gasteiger partial charge in [-0.2, -0.15) is 0 Å². The van der Waals surface area contributed by atoms with Crippen molar-refractivity contribution in [1.82, 2.24) is 14.5 Å². The molecule has 2 rings (SSSR count). The molecule has 120 valence electrons. The Hall–Kier alpha value is -1.03. The number of hydrogen-bond donors (Lipinski definition) is 1. The summed E-state index contributed by atoms with van der Waals surface area (Å²) < 4.78 is 2.29. The van der Waals surface area contributed by atoms with E-state index >= 15 is 0 Å². The molecule has 1 aromatic heterocycles. The maximum absolute atomic E-state index is 4.60. The van der Waals surface area contributed by atoms with E-state index in [1.165, 1.54) is 51.6 Å². The third-order valence-corrected chi connectivity index (χ3v) is 4.50. The number of imidazole rings is 1. The second-order valence-corrected chi connectivity index (χ2v) is 6.41. The van der Waals surface area contributed by atoms with Gasteiger partial charge in [-0.15, -0.1) is 0 Å². The van der Waals surface area contributed by atoms with Gasteiger partial charge in [-0.1, -0.05) is 19.8 Å². The van der Waals surface area contributed by atoms with Crippen molar-refractivity contribution in [3.05, 3.63) is 11.9 Å². The maximum atomic E-state index is 4.60. The number of rotatable bonds is 8. The number of likely N-dealkylation sites (tertiary alicyclic amines) is 1. The summed E-state index contributed by atoms with van der Waals surface area (Å²) in [6.45, 7) is 11.3. The fourth-order valence-electron chi connectivity index (χ4n) is 3.17. The smallest absolute Gasteiger partial charge is 0.203 e. The molecule has 1 unspecified atom stereocenters. The SMILES string of the molecule is CCCCNc1nc(C)cn1CCCN1CCCCC1C. The number of nitrogens with zero attached hydrogens (tertiary/aromatic N) is 3. The standard InChI is InChI=1S/C17H32N4/c1-4-5-10-18-17-19-15(2)14-21(17)13-8-12-20-11-7-6-9-16(20)3/h14,16H,4-13H2,1-3H3,(H,18,19). The topological polar surface area (TPSA) is 33.1 Å². The molecule has 0 bridgehead atoms. The molecule has 1 aromatic rings. The lowest BCUT2D eigenvalue weighted by Crippen LogP contribution is -2.38. The number of aryl methyl sites for hydroxylation is 2. The molecule has 1 N–H and O–H groups in total. The van der Waals surface area contributed by atoms with Crippen molar-refractivity contribution < 1.29 is 0 Å². The number of piperidine rings is 1. The zero-order valence-corrected chi connectivity index (χ0v) is 14.1. The largest absolute Gasteiger partial charge is 0.356 e. The van der Waals surface area contributed by atoms with E-state index in [0.717, 1.165) is 30.8 Å². The zero-order chi connectivity index (χ0) is 15.1. The van der Waals surface area contributed by atoms with Gasteiger partial charge < -0.3 is 14.8 Å². The van der Waals surface area contributed by atoms with Crippen LogP contribution in [0, 0.1) is 6.92 Å². The number of unbranched alkanes of at least 4 members (excludes halogenated alkanes) is 1. The van der Waals surface area contributed by atoms with Crippen LogP contribution in [-0.4, -0.2) is 40.1 Å². The number of hydrogen-bond acceptors (Lipinski definition) is 3. The minimum atomic E-state index is 0.769. The van der Waals surface area contributed by atoms with Crippen molar-refractivity contribution in [2.45, 2.75) is 71.9 Å². The summed E-state index contributed by atoms with van der Waals surface area (Å²) in [4.78, 5) is 7.25. The first-order valence-electron chi connectivity index (χ1n) is 8.72. The molecule has 1 atom stereocenters. The first-order chi connectivity index (χ1) is 10.2. The summed E-state index contributed by atoms with van der Waals surface area (Å²) in [6, 6.07) is 0.769. The highest BCUT2D eigenvalue weighted by atomic mass is 15.2. The van der Waals surface area contributed by atoms with E-state index in [1.54, 1.807) is 0 Å². The van der Waals surface area contributed by atoms with E-state index in [1.807, 2.05) is 0 Å². The van der Waals surface area contributed by atoms with E-state index in [-0.39, 0.29) is 0 Å². The molecule has 0 aliphatic carbocycles. The van der Waals surface area contributed by atoms with Crippen molar-refractivity contribution >= 4 is 5.95 Å². The molecule has 0 aromatic carbocycles. The molecule has 21 heavy (non-hydrogen) atoms. The van der Waals surface area contributed by atoms with Crippen LogP contribution in [0.1, 0.15) is 58.1 Å². The molecular weight excluding hydrogens is 260 g/mol. The highest BCUT2D eigenvalue weighted by molar-refractivity contribution is 5.28. The first kappa shape index (κ1) is 16.3. The number of aromatic nitrogens is 2. The van der Waals surface area contributed by atoms with Crippen molar-refractivity contribution in [3.63, 3.8) is 0 Å². The molecular formula is C17H32N4. The lowest BCUT2D eigenvalue weighted by Gasteiger charge is -2.33. The Kier molecular flexibility index (Phi) is 6.55. The Morgan fingerprint density at radius 2 is 2.14 bits per heavy atom. The normalized spacial score (nSPS) is 19.9. The lowest BCUT2D eigenvalue weighted by atomic mass is 10.0. The van der Waals surface area contributed by atoms with E-state index in [9.17, 15) is 0 Å². The first-order valence-corrected chi connectivity index (χ1v) is 8.72. The minimum Gasteiger partial charge on any atom is -0.356 e. The lowest BCUT2D eigenvalue weighted by molar-refractivity contribution is 0.157. The van der Waals surface area contributed by atoms with E-state index in [4.69, 9.17) is 0 Å². The van der Waals surface area contributed by atoms with Crippen molar-refractivity contribution in [2.24, 2.45) is 0 Å². The summed E-state index contributed by atoms with van der Waals surface area (Å²) in [7, 11) is 0. The van der Waals surface area contributed by atoms with Crippen LogP contribution in [0.3, 0.4) is 0 Å². The Labute approximate surface area is 129 Å². The average molecular weight is 292 g/mol. The van der Waals surface area contributed by atoms with Crippen LogP contribution in [0.5, 0.6) is 0 Å². The van der Waals surface area contributed by atoms with Gasteiger partial charge in [0.1, 0.15) is 0 Å². The maximum Gasteiger partial charge on any atom is 0.203 e. The van der Waals surface area contributed by atoms with Gasteiger partial charge >= 0.3 is 0 Å². The summed E-state index contributed by atoms with van der Waals surface area (Å²) >= 11 is 0. The van der Waals surface area contributed by atoms with Crippen LogP contribution in [-0.2, 0) is 6.54 Å². The van der Waals surface area contributed by atoms with Crippen LogP contribution in [0.4, 0.5) is 5.95 Å². The molecule has 0 saturated carbocycles. The Morgan fingerprint density at radius 3 is 2.90 bits per heavy atom. The molecule has 1 fully saturated rings. The van der Waals surface area contributed by atoms with Crippen LogP contribution < -0.4 is 5.32 Å². The molecule has 1 aliphatic heterocycles. The Bertz CT molecular complexity index is 413. The average Bonchev–Trinajstić information content (AvgIpc) is 2.82. The third-order valence-electron chi connectivity index (χ3n) is 4.50. The fourth-order valence-corrected chi connectivity index (χ4v) is 3.17. The van der Waals surface area contributed by atoms with Gasteiger partial charge in [-0.3, -0.25) is 0 Å². The quantitative estimate of drug-likeness (QED) is 0.742. The van der Waals surface area contributed by atoms with E-state index in [0.29, 0.717) is 0 Å². The summed E-state index contributed by atoms with van der Waals surface area (Å²) in [5, 5.41) is 3.47. The van der Waals surface area contributed by atoms with Gasteiger partial charge in [-0.05, 0) is 46.1 Å². The molecule has 1 aliphatic rings. The Balaban J connectivity index is 1.79. The van der Waals surface area contributed by atoms with Gasteiger partial charge in [0.2, 0.25) is 5.95 Å². The van der Waals surface area contributed by atoms with Gasteiger partial charge in [-0.25, -0.2) is 4.98 Å². The monoisotopic (exact) mass is 292 g/mol. The van der Waals surface area contributed by atoms with Crippen LogP contribution in [0.25, 0.3) is 0 Å². The summed E-state index contributed by atoms with van der Waals surface area (Å²) in [5.41, 5.74) is 1.11. The van der Waals surface area contributed by atoms with E-state index < -0.39 is 0 Å². The van der Waals surface area contributed by atoms with Crippen molar-refractivity contribution in [1.29, 1.82) is 0 Å². The van der Waals surface area contributed by atoms with Crippen molar-refractivity contribution in [2.75, 3.05) is 25.0 Å². The molecule has 0 spiro atoms. The summed E-state index contributed by atoms with van der Waals surface area (Å²) in [5.74, 6) is 1.05. The third kappa shape index (κ3) is 5.03. The molecule has 0 amide bonds. The van der Waals surface area contributed by atoms with Gasteiger partial charge in [0.05, 0.1) is 5.69 Å². The molecule has 4 heteroatoms. The van der Waals surface area contributed by atoms with Crippen LogP contribution in [0.15, 0.2) is 6.20 Å². The molecule has 1 saturated heterocycles. The van der Waals surface area contributed by atoms with E-state index in [2.05, 4.69) is 46.7 Å². The summed E-state index contributed by atoms with van der Waals surface area (Å²) in [6.07, 6.45) is 9.96. The molecule has 4 nitrogen and oxygen atoms in total. The van der Waals surface area contributed by atoms with Gasteiger partial charge in [0.15, 0.2) is 0 Å². The second-order valence-electron chi connectivity index (χ2n) is 6.41.